The van der Waals surface area contributed by atoms with Crippen molar-refractivity contribution < 1.29 is 13.6 Å². The van der Waals surface area contributed by atoms with Crippen molar-refractivity contribution in [2.75, 3.05) is 5.32 Å². The number of aryl methyl sites for hydroxylation is 1. The topological polar surface area (TPSA) is 67.8 Å². The molecule has 0 saturated carbocycles. The summed E-state index contributed by atoms with van der Waals surface area (Å²) in [5.41, 5.74) is 1.73. The van der Waals surface area contributed by atoms with Crippen molar-refractivity contribution in [3.8, 4) is 11.3 Å². The molecule has 0 unspecified atom stereocenters. The summed E-state index contributed by atoms with van der Waals surface area (Å²) in [5.74, 6) is -2.71. The average molecular weight is 326 g/mol. The molecule has 0 spiro atoms. The summed E-state index contributed by atoms with van der Waals surface area (Å²) in [7, 11) is 0. The first-order valence-electron chi connectivity index (χ1n) is 7.04. The number of halogens is 2. The van der Waals surface area contributed by atoms with E-state index >= 15 is 0 Å². The van der Waals surface area contributed by atoms with Gasteiger partial charge in [-0.05, 0) is 30.7 Å². The first-order chi connectivity index (χ1) is 11.6. The number of hydrogen-bond acceptors (Lipinski definition) is 4. The van der Waals surface area contributed by atoms with Gasteiger partial charge in [0.25, 0.3) is 5.91 Å². The Hall–Kier alpha value is -3.22. The van der Waals surface area contributed by atoms with E-state index in [4.69, 9.17) is 0 Å². The molecule has 120 valence electrons. The fraction of sp³-hybridized carbons (Fsp3) is 0.0588. The molecule has 0 aliphatic heterocycles. The van der Waals surface area contributed by atoms with Crippen LogP contribution in [0, 0.1) is 18.6 Å². The van der Waals surface area contributed by atoms with Crippen LogP contribution in [0.4, 0.5) is 14.6 Å². The highest BCUT2D eigenvalue weighted by atomic mass is 19.1. The van der Waals surface area contributed by atoms with Crippen LogP contribution in [0.25, 0.3) is 11.3 Å². The molecule has 7 heteroatoms. The van der Waals surface area contributed by atoms with Crippen LogP contribution >= 0.6 is 0 Å². The third kappa shape index (κ3) is 3.10. The molecule has 1 amide bonds. The maximum absolute atomic E-state index is 13.6. The number of amides is 1. The van der Waals surface area contributed by atoms with Gasteiger partial charge >= 0.3 is 0 Å². The van der Waals surface area contributed by atoms with Crippen LogP contribution in [0.2, 0.25) is 0 Å². The zero-order valence-electron chi connectivity index (χ0n) is 12.6. The molecule has 3 aromatic rings. The SMILES string of the molecule is Cc1cnccc1-c1cnc(NC(=O)c2c(F)cccc2F)cn1. The largest absolute Gasteiger partial charge is 0.305 e. The van der Waals surface area contributed by atoms with E-state index in [-0.39, 0.29) is 5.82 Å². The summed E-state index contributed by atoms with van der Waals surface area (Å²) in [6, 6.07) is 5.01. The van der Waals surface area contributed by atoms with Gasteiger partial charge in [0.15, 0.2) is 5.82 Å². The van der Waals surface area contributed by atoms with Gasteiger partial charge in [-0.2, -0.15) is 0 Å². The van der Waals surface area contributed by atoms with E-state index in [1.54, 1.807) is 18.5 Å². The molecule has 0 radical (unpaired) electrons. The number of carbonyl (C=O) groups is 1. The lowest BCUT2D eigenvalue weighted by Gasteiger charge is -2.07. The molecule has 0 atom stereocenters. The molecule has 0 aliphatic rings. The molecule has 5 nitrogen and oxygen atoms in total. The Bertz CT molecular complexity index is 877. The van der Waals surface area contributed by atoms with Crippen LogP contribution in [0.15, 0.2) is 49.1 Å². The highest BCUT2D eigenvalue weighted by Gasteiger charge is 2.17. The first-order valence-corrected chi connectivity index (χ1v) is 7.04. The van der Waals surface area contributed by atoms with E-state index in [1.165, 1.54) is 18.5 Å². The molecular weight excluding hydrogens is 314 g/mol. The minimum Gasteiger partial charge on any atom is -0.305 e. The number of hydrogen-bond donors (Lipinski definition) is 1. The van der Waals surface area contributed by atoms with Crippen molar-refractivity contribution in [3.05, 3.63) is 71.8 Å². The summed E-state index contributed by atoms with van der Waals surface area (Å²) < 4.78 is 27.2. The van der Waals surface area contributed by atoms with Gasteiger partial charge in [0.05, 0.1) is 18.1 Å². The molecule has 24 heavy (non-hydrogen) atoms. The Morgan fingerprint density at radius 3 is 2.42 bits per heavy atom. The Morgan fingerprint density at radius 2 is 1.79 bits per heavy atom. The van der Waals surface area contributed by atoms with E-state index in [9.17, 15) is 13.6 Å². The molecular formula is C17H12F2N4O. The van der Waals surface area contributed by atoms with Gasteiger partial charge in [-0.25, -0.2) is 13.8 Å². The fourth-order valence-electron chi connectivity index (χ4n) is 2.19. The number of nitrogens with one attached hydrogen (secondary N) is 1. The monoisotopic (exact) mass is 326 g/mol. The molecule has 2 heterocycles. The summed E-state index contributed by atoms with van der Waals surface area (Å²) in [6.45, 7) is 1.89. The second kappa shape index (κ2) is 6.49. The van der Waals surface area contributed by atoms with Crippen LogP contribution in [-0.4, -0.2) is 20.9 Å². The van der Waals surface area contributed by atoms with E-state index < -0.39 is 23.1 Å². The van der Waals surface area contributed by atoms with Gasteiger partial charge in [0, 0.05) is 18.0 Å². The van der Waals surface area contributed by atoms with Crippen molar-refractivity contribution in [2.45, 2.75) is 6.92 Å². The van der Waals surface area contributed by atoms with Crippen molar-refractivity contribution >= 4 is 11.7 Å². The lowest BCUT2D eigenvalue weighted by Crippen LogP contribution is -2.16. The van der Waals surface area contributed by atoms with Crippen molar-refractivity contribution in [1.82, 2.24) is 15.0 Å². The predicted octanol–water partition coefficient (Wildman–Crippen LogP) is 3.38. The van der Waals surface area contributed by atoms with Gasteiger partial charge in [0.1, 0.15) is 17.2 Å². The van der Waals surface area contributed by atoms with E-state index in [0.717, 1.165) is 23.3 Å². The Labute approximate surface area is 136 Å². The molecule has 0 bridgehead atoms. The lowest BCUT2D eigenvalue weighted by atomic mass is 10.1. The smallest absolute Gasteiger partial charge is 0.262 e. The quantitative estimate of drug-likeness (QED) is 0.801. The van der Waals surface area contributed by atoms with Crippen LogP contribution < -0.4 is 5.32 Å². The van der Waals surface area contributed by atoms with E-state index in [0.29, 0.717) is 5.69 Å². The van der Waals surface area contributed by atoms with Gasteiger partial charge < -0.3 is 5.32 Å². The fourth-order valence-corrected chi connectivity index (χ4v) is 2.19. The van der Waals surface area contributed by atoms with Gasteiger partial charge in [-0.1, -0.05) is 6.07 Å². The summed E-state index contributed by atoms with van der Waals surface area (Å²) >= 11 is 0. The van der Waals surface area contributed by atoms with E-state index in [2.05, 4.69) is 20.3 Å². The molecule has 1 N–H and O–H groups in total. The van der Waals surface area contributed by atoms with Crippen LogP contribution in [0.1, 0.15) is 15.9 Å². The summed E-state index contributed by atoms with van der Waals surface area (Å²) in [6.07, 6.45) is 6.13. The second-order valence-electron chi connectivity index (χ2n) is 5.03. The summed E-state index contributed by atoms with van der Waals surface area (Å²) in [4.78, 5) is 24.3. The normalized spacial score (nSPS) is 10.5. The number of pyridine rings is 1. The molecule has 0 saturated heterocycles. The number of carbonyl (C=O) groups excluding carboxylic acids is 1. The Balaban J connectivity index is 1.82. The van der Waals surface area contributed by atoms with E-state index in [1.807, 2.05) is 6.92 Å². The highest BCUT2D eigenvalue weighted by molar-refractivity contribution is 6.04. The molecule has 3 rings (SSSR count). The number of rotatable bonds is 3. The van der Waals surface area contributed by atoms with Crippen LogP contribution in [0.3, 0.4) is 0 Å². The third-order valence-corrected chi connectivity index (χ3v) is 3.38. The Morgan fingerprint density at radius 1 is 1.04 bits per heavy atom. The van der Waals surface area contributed by atoms with Crippen molar-refractivity contribution in [3.63, 3.8) is 0 Å². The molecule has 0 aliphatic carbocycles. The maximum atomic E-state index is 13.6. The van der Waals surface area contributed by atoms with Crippen molar-refractivity contribution in [1.29, 1.82) is 0 Å². The molecule has 0 fully saturated rings. The highest BCUT2D eigenvalue weighted by Crippen LogP contribution is 2.20. The van der Waals surface area contributed by atoms with Gasteiger partial charge in [-0.15, -0.1) is 0 Å². The molecule has 1 aromatic carbocycles. The van der Waals surface area contributed by atoms with Gasteiger partial charge in [0.2, 0.25) is 0 Å². The summed E-state index contributed by atoms with van der Waals surface area (Å²) in [5, 5.41) is 2.33. The van der Waals surface area contributed by atoms with Crippen LogP contribution in [-0.2, 0) is 0 Å². The Kier molecular flexibility index (Phi) is 4.24. The third-order valence-electron chi connectivity index (χ3n) is 3.38. The minimum absolute atomic E-state index is 0.0955. The zero-order valence-corrected chi connectivity index (χ0v) is 12.6. The number of nitrogens with zero attached hydrogens (tertiary/aromatic N) is 3. The number of aromatic nitrogens is 3. The first kappa shape index (κ1) is 15.7. The van der Waals surface area contributed by atoms with Gasteiger partial charge in [-0.3, -0.25) is 14.8 Å². The number of benzene rings is 1. The lowest BCUT2D eigenvalue weighted by molar-refractivity contribution is 0.101. The maximum Gasteiger partial charge on any atom is 0.262 e. The number of anilines is 1. The standard InChI is InChI=1S/C17H12F2N4O/c1-10-7-20-6-5-11(10)14-8-22-15(9-21-14)23-17(24)16-12(18)3-2-4-13(16)19/h2-9H,1H3,(H,22,23,24). The van der Waals surface area contributed by atoms with Crippen LogP contribution in [0.5, 0.6) is 0 Å². The zero-order chi connectivity index (χ0) is 17.1. The van der Waals surface area contributed by atoms with Crippen molar-refractivity contribution in [2.24, 2.45) is 0 Å². The second-order valence-corrected chi connectivity index (χ2v) is 5.03. The predicted molar refractivity (Wildman–Crippen MR) is 84.3 cm³/mol. The average Bonchev–Trinajstić information content (AvgIpc) is 2.56. The molecule has 2 aromatic heterocycles. The minimum atomic E-state index is -0.940.